The zero-order valence-corrected chi connectivity index (χ0v) is 12.2. The Labute approximate surface area is 114 Å². The Balaban J connectivity index is 2.08. The molecular formula is C13H25N5O. The van der Waals surface area contributed by atoms with Gasteiger partial charge in [-0.1, -0.05) is 6.92 Å². The highest BCUT2D eigenvalue weighted by atomic mass is 16.5. The van der Waals surface area contributed by atoms with E-state index in [1.165, 1.54) is 0 Å². The van der Waals surface area contributed by atoms with Gasteiger partial charge in [-0.2, -0.15) is 5.10 Å². The molecule has 2 atom stereocenters. The van der Waals surface area contributed by atoms with Crippen molar-refractivity contribution in [3.8, 4) is 0 Å². The van der Waals surface area contributed by atoms with Gasteiger partial charge in [0, 0.05) is 38.1 Å². The Bertz CT molecular complexity index is 401. The van der Waals surface area contributed by atoms with E-state index in [9.17, 15) is 0 Å². The summed E-state index contributed by atoms with van der Waals surface area (Å²) in [5.74, 6) is 0.945. The summed E-state index contributed by atoms with van der Waals surface area (Å²) in [6, 6.07) is 0.0403. The first-order valence-corrected chi connectivity index (χ1v) is 6.99. The highest BCUT2D eigenvalue weighted by Crippen LogP contribution is 2.25. The van der Waals surface area contributed by atoms with Crippen LogP contribution in [0.25, 0.3) is 0 Å². The maximum atomic E-state index is 6.49. The summed E-state index contributed by atoms with van der Waals surface area (Å²) >= 11 is 0. The first kappa shape index (κ1) is 14.4. The molecule has 0 radical (unpaired) electrons. The molecule has 108 valence electrons. The average molecular weight is 267 g/mol. The molecule has 19 heavy (non-hydrogen) atoms. The topological polar surface area (TPSA) is 69.2 Å². The largest absolute Gasteiger partial charge is 0.379 e. The molecule has 0 amide bonds. The van der Waals surface area contributed by atoms with Crippen LogP contribution in [0.1, 0.15) is 26.1 Å². The van der Waals surface area contributed by atoms with Crippen molar-refractivity contribution in [2.45, 2.75) is 38.3 Å². The molecule has 0 bridgehead atoms. The van der Waals surface area contributed by atoms with E-state index in [1.807, 2.05) is 7.05 Å². The Morgan fingerprint density at radius 3 is 2.68 bits per heavy atom. The molecule has 2 heterocycles. The third-order valence-electron chi connectivity index (χ3n) is 4.46. The van der Waals surface area contributed by atoms with E-state index >= 15 is 0 Å². The molecule has 2 N–H and O–H groups in total. The molecule has 0 saturated carbocycles. The SMILES string of the molecule is CCC(C)(C(N)Cc1ncnn1C)N1CCOCC1. The van der Waals surface area contributed by atoms with Crippen molar-refractivity contribution in [2.75, 3.05) is 26.3 Å². The van der Waals surface area contributed by atoms with Crippen molar-refractivity contribution in [2.24, 2.45) is 12.8 Å². The molecule has 1 aromatic rings. The lowest BCUT2D eigenvalue weighted by Gasteiger charge is -2.46. The van der Waals surface area contributed by atoms with Gasteiger partial charge in [0.05, 0.1) is 13.2 Å². The van der Waals surface area contributed by atoms with Crippen LogP contribution in [0.5, 0.6) is 0 Å². The van der Waals surface area contributed by atoms with Crippen LogP contribution < -0.4 is 5.73 Å². The molecule has 0 aliphatic carbocycles. The van der Waals surface area contributed by atoms with Gasteiger partial charge in [-0.25, -0.2) is 4.98 Å². The molecule has 2 unspecified atom stereocenters. The van der Waals surface area contributed by atoms with Crippen LogP contribution in [0.3, 0.4) is 0 Å². The van der Waals surface area contributed by atoms with E-state index in [1.54, 1.807) is 11.0 Å². The summed E-state index contributed by atoms with van der Waals surface area (Å²) in [6.45, 7) is 7.96. The van der Waals surface area contributed by atoms with Crippen molar-refractivity contribution in [3.63, 3.8) is 0 Å². The Morgan fingerprint density at radius 2 is 2.16 bits per heavy atom. The summed E-state index contributed by atoms with van der Waals surface area (Å²) in [6.07, 6.45) is 3.35. The normalized spacial score (nSPS) is 22.1. The predicted octanol–water partition coefficient (Wildman–Crippen LogP) is 0.186. The first-order valence-electron chi connectivity index (χ1n) is 6.99. The van der Waals surface area contributed by atoms with Crippen LogP contribution in [-0.4, -0.2) is 57.5 Å². The van der Waals surface area contributed by atoms with Gasteiger partial charge in [0.25, 0.3) is 0 Å². The molecule has 6 heteroatoms. The summed E-state index contributed by atoms with van der Waals surface area (Å²) in [5.41, 5.74) is 6.47. The molecule has 1 aliphatic heterocycles. The molecule has 1 aromatic heterocycles. The lowest BCUT2D eigenvalue weighted by atomic mass is 9.85. The Morgan fingerprint density at radius 1 is 1.47 bits per heavy atom. The first-order chi connectivity index (χ1) is 9.08. The van der Waals surface area contributed by atoms with E-state index in [2.05, 4.69) is 28.8 Å². The zero-order chi connectivity index (χ0) is 13.9. The van der Waals surface area contributed by atoms with Gasteiger partial charge < -0.3 is 10.5 Å². The number of nitrogens with two attached hydrogens (primary N) is 1. The van der Waals surface area contributed by atoms with Gasteiger partial charge in [-0.05, 0) is 13.3 Å². The van der Waals surface area contributed by atoms with Crippen LogP contribution >= 0.6 is 0 Å². The van der Waals surface area contributed by atoms with Crippen LogP contribution in [0, 0.1) is 0 Å². The van der Waals surface area contributed by atoms with Crippen LogP contribution in [0.4, 0.5) is 0 Å². The monoisotopic (exact) mass is 267 g/mol. The fourth-order valence-corrected chi connectivity index (χ4v) is 2.72. The molecule has 6 nitrogen and oxygen atoms in total. The summed E-state index contributed by atoms with van der Waals surface area (Å²) < 4.78 is 7.24. The minimum atomic E-state index is -0.0181. The van der Waals surface area contributed by atoms with Crippen LogP contribution in [0.15, 0.2) is 6.33 Å². The number of aryl methyl sites for hydroxylation is 1. The highest BCUT2D eigenvalue weighted by molar-refractivity contribution is 5.01. The maximum absolute atomic E-state index is 6.49. The smallest absolute Gasteiger partial charge is 0.138 e. The molecule has 1 aliphatic rings. The van der Waals surface area contributed by atoms with E-state index in [4.69, 9.17) is 10.5 Å². The zero-order valence-electron chi connectivity index (χ0n) is 12.2. The highest BCUT2D eigenvalue weighted by Gasteiger charge is 2.37. The van der Waals surface area contributed by atoms with E-state index in [0.29, 0.717) is 0 Å². The second kappa shape index (κ2) is 5.98. The van der Waals surface area contributed by atoms with E-state index < -0.39 is 0 Å². The molecule has 0 spiro atoms. The van der Waals surface area contributed by atoms with Gasteiger partial charge in [0.1, 0.15) is 12.2 Å². The minimum absolute atomic E-state index is 0.0181. The van der Waals surface area contributed by atoms with Crippen molar-refractivity contribution in [3.05, 3.63) is 12.2 Å². The number of nitrogens with zero attached hydrogens (tertiary/aromatic N) is 4. The van der Waals surface area contributed by atoms with Crippen LogP contribution in [-0.2, 0) is 18.2 Å². The third-order valence-corrected chi connectivity index (χ3v) is 4.46. The fourth-order valence-electron chi connectivity index (χ4n) is 2.72. The van der Waals surface area contributed by atoms with Gasteiger partial charge in [0.15, 0.2) is 0 Å². The number of hydrogen-bond acceptors (Lipinski definition) is 5. The number of rotatable bonds is 5. The van der Waals surface area contributed by atoms with Crippen molar-refractivity contribution in [1.29, 1.82) is 0 Å². The molecular weight excluding hydrogens is 242 g/mol. The average Bonchev–Trinajstić information content (AvgIpc) is 2.84. The van der Waals surface area contributed by atoms with Gasteiger partial charge in [0.2, 0.25) is 0 Å². The lowest BCUT2D eigenvalue weighted by Crippen LogP contribution is -2.61. The number of morpholine rings is 1. The van der Waals surface area contributed by atoms with Crippen LogP contribution in [0.2, 0.25) is 0 Å². The molecule has 1 fully saturated rings. The van der Waals surface area contributed by atoms with Gasteiger partial charge in [-0.15, -0.1) is 0 Å². The van der Waals surface area contributed by atoms with Crippen molar-refractivity contribution >= 4 is 0 Å². The second-order valence-corrected chi connectivity index (χ2v) is 5.42. The van der Waals surface area contributed by atoms with E-state index in [-0.39, 0.29) is 11.6 Å². The summed E-state index contributed by atoms with van der Waals surface area (Å²) in [4.78, 5) is 6.73. The second-order valence-electron chi connectivity index (χ2n) is 5.42. The molecule has 0 aromatic carbocycles. The standard InChI is InChI=1S/C13H25N5O/c1-4-13(2,18-5-7-19-8-6-18)11(14)9-12-15-10-16-17(12)3/h10-11H,4-9,14H2,1-3H3. The number of hydrogen-bond donors (Lipinski definition) is 1. The Hall–Kier alpha value is -0.980. The number of ether oxygens (including phenoxy) is 1. The summed E-state index contributed by atoms with van der Waals surface area (Å²) in [5, 5.41) is 4.11. The van der Waals surface area contributed by atoms with E-state index in [0.717, 1.165) is 45.0 Å². The van der Waals surface area contributed by atoms with Crippen molar-refractivity contribution < 1.29 is 4.74 Å². The minimum Gasteiger partial charge on any atom is -0.379 e. The lowest BCUT2D eigenvalue weighted by molar-refractivity contribution is -0.0275. The fraction of sp³-hybridized carbons (Fsp3) is 0.846. The predicted molar refractivity (Wildman–Crippen MR) is 73.8 cm³/mol. The number of aromatic nitrogens is 3. The third kappa shape index (κ3) is 2.96. The molecule has 2 rings (SSSR count). The molecule has 1 saturated heterocycles. The van der Waals surface area contributed by atoms with Crippen molar-refractivity contribution in [1.82, 2.24) is 19.7 Å². The van der Waals surface area contributed by atoms with Gasteiger partial charge >= 0.3 is 0 Å². The van der Waals surface area contributed by atoms with Gasteiger partial charge in [-0.3, -0.25) is 9.58 Å². The maximum Gasteiger partial charge on any atom is 0.138 e. The Kier molecular flexibility index (Phi) is 4.54. The summed E-state index contributed by atoms with van der Waals surface area (Å²) in [7, 11) is 1.91. The quantitative estimate of drug-likeness (QED) is 0.824.